The standard InChI is InChI=1S/C10H17N5OS/c1-11-10-14-13-9(17-10)8(16)12-5-6-15(2)7-3-4-7/h7H,3-6H2,1-2H3,(H,11,14)(H,12,16). The second kappa shape index (κ2) is 5.42. The molecular weight excluding hydrogens is 238 g/mol. The Morgan fingerprint density at radius 1 is 1.53 bits per heavy atom. The molecule has 1 amide bonds. The predicted molar refractivity (Wildman–Crippen MR) is 67.4 cm³/mol. The first-order chi connectivity index (χ1) is 8.20. The highest BCUT2D eigenvalue weighted by atomic mass is 32.1. The Labute approximate surface area is 104 Å². The van der Waals surface area contributed by atoms with Gasteiger partial charge in [0.2, 0.25) is 10.1 Å². The van der Waals surface area contributed by atoms with E-state index < -0.39 is 0 Å². The molecule has 1 aliphatic carbocycles. The number of aromatic nitrogens is 2. The van der Waals surface area contributed by atoms with Crippen molar-refractivity contribution in [3.05, 3.63) is 5.01 Å². The van der Waals surface area contributed by atoms with Crippen LogP contribution in [0.25, 0.3) is 0 Å². The molecule has 2 rings (SSSR count). The first kappa shape index (κ1) is 12.3. The number of likely N-dealkylation sites (N-methyl/N-ethyl adjacent to an activating group) is 1. The fraction of sp³-hybridized carbons (Fsp3) is 0.700. The van der Waals surface area contributed by atoms with E-state index in [4.69, 9.17) is 0 Å². The monoisotopic (exact) mass is 255 g/mol. The van der Waals surface area contributed by atoms with Crippen molar-refractivity contribution in [3.8, 4) is 0 Å². The van der Waals surface area contributed by atoms with E-state index in [0.717, 1.165) is 12.6 Å². The summed E-state index contributed by atoms with van der Waals surface area (Å²) in [4.78, 5) is 14.0. The SMILES string of the molecule is CNc1nnc(C(=O)NCCN(C)C2CC2)s1. The number of hydrogen-bond acceptors (Lipinski definition) is 6. The van der Waals surface area contributed by atoms with Gasteiger partial charge in [0.1, 0.15) is 0 Å². The van der Waals surface area contributed by atoms with Gasteiger partial charge in [-0.1, -0.05) is 11.3 Å². The fourth-order valence-corrected chi connectivity index (χ4v) is 2.15. The third-order valence-electron chi connectivity index (χ3n) is 2.75. The summed E-state index contributed by atoms with van der Waals surface area (Å²) in [5.74, 6) is -0.145. The van der Waals surface area contributed by atoms with Crippen molar-refractivity contribution in [2.75, 3.05) is 32.5 Å². The third-order valence-corrected chi connectivity index (χ3v) is 3.69. The molecular formula is C10H17N5OS. The van der Waals surface area contributed by atoms with Gasteiger partial charge < -0.3 is 15.5 Å². The molecule has 1 fully saturated rings. The van der Waals surface area contributed by atoms with Gasteiger partial charge in [-0.2, -0.15) is 0 Å². The second-order valence-electron chi connectivity index (χ2n) is 4.13. The van der Waals surface area contributed by atoms with Gasteiger partial charge in [0.15, 0.2) is 0 Å². The molecule has 94 valence electrons. The number of amides is 1. The van der Waals surface area contributed by atoms with Crippen molar-refractivity contribution < 1.29 is 4.79 Å². The van der Waals surface area contributed by atoms with Crippen molar-refractivity contribution in [2.45, 2.75) is 18.9 Å². The first-order valence-corrected chi connectivity index (χ1v) is 6.52. The normalized spacial score (nSPS) is 15.0. The molecule has 0 unspecified atom stereocenters. The van der Waals surface area contributed by atoms with Crippen LogP contribution >= 0.6 is 11.3 Å². The van der Waals surface area contributed by atoms with Gasteiger partial charge in [-0.25, -0.2) is 0 Å². The zero-order chi connectivity index (χ0) is 12.3. The lowest BCUT2D eigenvalue weighted by molar-refractivity contribution is 0.0948. The number of carbonyl (C=O) groups excluding carboxylic acids is 1. The predicted octanol–water partition coefficient (Wildman–Crippen LogP) is 0.404. The van der Waals surface area contributed by atoms with Gasteiger partial charge >= 0.3 is 0 Å². The lowest BCUT2D eigenvalue weighted by Gasteiger charge is -2.15. The minimum absolute atomic E-state index is 0.145. The summed E-state index contributed by atoms with van der Waals surface area (Å²) >= 11 is 1.26. The zero-order valence-electron chi connectivity index (χ0n) is 10.1. The highest BCUT2D eigenvalue weighted by Crippen LogP contribution is 2.24. The molecule has 1 saturated carbocycles. The molecule has 0 aromatic carbocycles. The lowest BCUT2D eigenvalue weighted by Crippen LogP contribution is -2.33. The van der Waals surface area contributed by atoms with E-state index in [1.54, 1.807) is 7.05 Å². The summed E-state index contributed by atoms with van der Waals surface area (Å²) in [5, 5.41) is 14.4. The van der Waals surface area contributed by atoms with Crippen LogP contribution in [0.5, 0.6) is 0 Å². The van der Waals surface area contributed by atoms with Crippen molar-refractivity contribution in [2.24, 2.45) is 0 Å². The Hall–Kier alpha value is -1.21. The number of anilines is 1. The van der Waals surface area contributed by atoms with E-state index in [9.17, 15) is 4.79 Å². The third kappa shape index (κ3) is 3.37. The quantitative estimate of drug-likeness (QED) is 0.770. The average Bonchev–Trinajstić information content (AvgIpc) is 3.06. The summed E-state index contributed by atoms with van der Waals surface area (Å²) in [7, 11) is 3.85. The zero-order valence-corrected chi connectivity index (χ0v) is 10.9. The van der Waals surface area contributed by atoms with E-state index in [1.165, 1.54) is 24.2 Å². The molecule has 7 heteroatoms. The van der Waals surface area contributed by atoms with Gasteiger partial charge in [-0.3, -0.25) is 4.79 Å². The fourth-order valence-electron chi connectivity index (χ4n) is 1.54. The maximum absolute atomic E-state index is 11.7. The summed E-state index contributed by atoms with van der Waals surface area (Å²) in [6.07, 6.45) is 2.57. The Morgan fingerprint density at radius 2 is 2.29 bits per heavy atom. The Morgan fingerprint density at radius 3 is 2.88 bits per heavy atom. The van der Waals surface area contributed by atoms with E-state index in [2.05, 4.69) is 32.8 Å². The minimum atomic E-state index is -0.145. The van der Waals surface area contributed by atoms with Crippen molar-refractivity contribution in [3.63, 3.8) is 0 Å². The maximum Gasteiger partial charge on any atom is 0.282 e. The molecule has 1 aromatic rings. The molecule has 0 bridgehead atoms. The molecule has 0 atom stereocenters. The van der Waals surface area contributed by atoms with Gasteiger partial charge in [-0.15, -0.1) is 10.2 Å². The van der Waals surface area contributed by atoms with Crippen LogP contribution in [0.15, 0.2) is 0 Å². The van der Waals surface area contributed by atoms with E-state index in [1.807, 2.05) is 0 Å². The lowest BCUT2D eigenvalue weighted by atomic mass is 10.5. The number of rotatable bonds is 6. The minimum Gasteiger partial charge on any atom is -0.363 e. The van der Waals surface area contributed by atoms with Crippen LogP contribution in [0.2, 0.25) is 0 Å². The molecule has 0 aliphatic heterocycles. The first-order valence-electron chi connectivity index (χ1n) is 5.70. The molecule has 1 heterocycles. The number of nitrogens with zero attached hydrogens (tertiary/aromatic N) is 3. The molecule has 0 saturated heterocycles. The smallest absolute Gasteiger partial charge is 0.282 e. The van der Waals surface area contributed by atoms with Crippen molar-refractivity contribution in [1.29, 1.82) is 0 Å². The second-order valence-corrected chi connectivity index (χ2v) is 5.11. The van der Waals surface area contributed by atoms with E-state index in [-0.39, 0.29) is 5.91 Å². The number of nitrogens with one attached hydrogen (secondary N) is 2. The highest BCUT2D eigenvalue weighted by molar-refractivity contribution is 7.17. The largest absolute Gasteiger partial charge is 0.363 e. The summed E-state index contributed by atoms with van der Waals surface area (Å²) in [5.41, 5.74) is 0. The van der Waals surface area contributed by atoms with Crippen LogP contribution in [0.4, 0.5) is 5.13 Å². The Bertz CT molecular complexity index is 390. The van der Waals surface area contributed by atoms with Gasteiger partial charge in [0.25, 0.3) is 5.91 Å². The average molecular weight is 255 g/mol. The maximum atomic E-state index is 11.7. The van der Waals surface area contributed by atoms with Crippen LogP contribution in [0.1, 0.15) is 22.6 Å². The summed E-state index contributed by atoms with van der Waals surface area (Å²) < 4.78 is 0. The molecule has 2 N–H and O–H groups in total. The molecule has 0 radical (unpaired) electrons. The Balaban J connectivity index is 1.72. The number of hydrogen-bond donors (Lipinski definition) is 2. The molecule has 0 spiro atoms. The molecule has 17 heavy (non-hydrogen) atoms. The Kier molecular flexibility index (Phi) is 3.90. The van der Waals surface area contributed by atoms with E-state index in [0.29, 0.717) is 16.7 Å². The van der Waals surface area contributed by atoms with Crippen molar-refractivity contribution >= 4 is 22.4 Å². The summed E-state index contributed by atoms with van der Waals surface area (Å²) in [6, 6.07) is 0.726. The van der Waals surface area contributed by atoms with Crippen LogP contribution < -0.4 is 10.6 Å². The molecule has 6 nitrogen and oxygen atoms in total. The molecule has 1 aromatic heterocycles. The highest BCUT2D eigenvalue weighted by Gasteiger charge is 2.25. The van der Waals surface area contributed by atoms with Crippen LogP contribution in [0, 0.1) is 0 Å². The van der Waals surface area contributed by atoms with Crippen LogP contribution in [-0.4, -0.2) is 54.2 Å². The van der Waals surface area contributed by atoms with Gasteiger partial charge in [0, 0.05) is 26.2 Å². The van der Waals surface area contributed by atoms with Gasteiger partial charge in [-0.05, 0) is 19.9 Å². The summed E-state index contributed by atoms with van der Waals surface area (Å²) in [6.45, 7) is 1.54. The van der Waals surface area contributed by atoms with Crippen LogP contribution in [-0.2, 0) is 0 Å². The molecule has 1 aliphatic rings. The van der Waals surface area contributed by atoms with Crippen molar-refractivity contribution in [1.82, 2.24) is 20.4 Å². The van der Waals surface area contributed by atoms with Gasteiger partial charge in [0.05, 0.1) is 0 Å². The van der Waals surface area contributed by atoms with E-state index >= 15 is 0 Å². The number of carbonyl (C=O) groups is 1. The topological polar surface area (TPSA) is 70.1 Å². The van der Waals surface area contributed by atoms with Crippen LogP contribution in [0.3, 0.4) is 0 Å².